The average Bonchev–Trinajstić information content (AvgIpc) is 2.35. The van der Waals surface area contributed by atoms with Crippen molar-refractivity contribution < 1.29 is 4.79 Å². The summed E-state index contributed by atoms with van der Waals surface area (Å²) in [7, 11) is 0. The number of benzene rings is 1. The summed E-state index contributed by atoms with van der Waals surface area (Å²) < 4.78 is 0.781. The van der Waals surface area contributed by atoms with Crippen LogP contribution in [-0.2, 0) is 12.8 Å². The quantitative estimate of drug-likeness (QED) is 0.911. The highest BCUT2D eigenvalue weighted by Crippen LogP contribution is 2.22. The van der Waals surface area contributed by atoms with Crippen molar-refractivity contribution in [1.29, 1.82) is 0 Å². The van der Waals surface area contributed by atoms with Gasteiger partial charge in [0, 0.05) is 16.6 Å². The lowest BCUT2D eigenvalue weighted by Crippen LogP contribution is -2.24. The van der Waals surface area contributed by atoms with E-state index < -0.39 is 0 Å². The number of amides is 1. The third-order valence-electron chi connectivity index (χ3n) is 3.05. The molecule has 0 heterocycles. The van der Waals surface area contributed by atoms with Crippen LogP contribution in [0, 0.1) is 0 Å². The van der Waals surface area contributed by atoms with Gasteiger partial charge in [-0.25, -0.2) is 0 Å². The van der Waals surface area contributed by atoms with Gasteiger partial charge >= 0.3 is 0 Å². The van der Waals surface area contributed by atoms with Gasteiger partial charge in [-0.05, 0) is 48.9 Å². The van der Waals surface area contributed by atoms with Crippen LogP contribution in [-0.4, -0.2) is 12.5 Å². The number of carbonyl (C=O) groups is 1. The fraction of sp³-hybridized carbons (Fsp3) is 0.357. The molecule has 0 bridgehead atoms. The Labute approximate surface area is 110 Å². The number of rotatable bonds is 3. The fourth-order valence-corrected chi connectivity index (χ4v) is 2.29. The number of hydrogen-bond donors (Lipinski definition) is 1. The van der Waals surface area contributed by atoms with E-state index in [1.165, 1.54) is 24.0 Å². The van der Waals surface area contributed by atoms with E-state index in [1.807, 2.05) is 12.1 Å². The van der Waals surface area contributed by atoms with Gasteiger partial charge in [0.1, 0.15) is 0 Å². The average molecular weight is 294 g/mol. The minimum absolute atomic E-state index is 0.0287. The molecule has 0 saturated heterocycles. The summed E-state index contributed by atoms with van der Waals surface area (Å²) in [6.45, 7) is 4.16. The largest absolute Gasteiger partial charge is 0.347 e. The molecule has 90 valence electrons. The first-order chi connectivity index (χ1) is 8.16. The summed E-state index contributed by atoms with van der Waals surface area (Å²) in [6, 6.07) is 6.03. The smallest absolute Gasteiger partial charge is 0.251 e. The van der Waals surface area contributed by atoms with E-state index in [4.69, 9.17) is 0 Å². The van der Waals surface area contributed by atoms with Crippen LogP contribution in [0.4, 0.5) is 0 Å². The second-order valence-corrected chi connectivity index (χ2v) is 5.51. The molecule has 0 aromatic heterocycles. The minimum atomic E-state index is -0.0287. The zero-order chi connectivity index (χ0) is 12.3. The lowest BCUT2D eigenvalue weighted by Gasteiger charge is -2.16. The molecule has 0 spiro atoms. The standard InChI is InChI=1S/C14H16BrNO/c1-10(15)9-16-14(17)13-7-6-11-4-2-3-5-12(11)8-13/h6-8H,1-5,9H2,(H,16,17). The first kappa shape index (κ1) is 12.4. The number of carbonyl (C=O) groups excluding carboxylic acids is 1. The Hall–Kier alpha value is -1.09. The minimum Gasteiger partial charge on any atom is -0.347 e. The lowest BCUT2D eigenvalue weighted by molar-refractivity contribution is 0.0957. The highest BCUT2D eigenvalue weighted by Gasteiger charge is 2.12. The van der Waals surface area contributed by atoms with Crippen LogP contribution in [0.3, 0.4) is 0 Å². The molecule has 0 saturated carbocycles. The second-order valence-electron chi connectivity index (χ2n) is 4.39. The molecule has 0 aliphatic heterocycles. The van der Waals surface area contributed by atoms with E-state index in [0.717, 1.165) is 22.9 Å². The Morgan fingerprint density at radius 3 is 2.71 bits per heavy atom. The molecule has 1 aromatic rings. The summed E-state index contributed by atoms with van der Waals surface area (Å²) in [6.07, 6.45) is 4.75. The Morgan fingerprint density at radius 2 is 2.00 bits per heavy atom. The van der Waals surface area contributed by atoms with Gasteiger partial charge in [-0.3, -0.25) is 4.79 Å². The number of fused-ring (bicyclic) bond motifs is 1. The molecule has 17 heavy (non-hydrogen) atoms. The van der Waals surface area contributed by atoms with Gasteiger partial charge in [-0.15, -0.1) is 0 Å². The van der Waals surface area contributed by atoms with Gasteiger partial charge in [0.25, 0.3) is 5.91 Å². The van der Waals surface area contributed by atoms with E-state index in [2.05, 4.69) is 33.9 Å². The third-order valence-corrected chi connectivity index (χ3v) is 3.33. The van der Waals surface area contributed by atoms with Gasteiger partial charge in [-0.2, -0.15) is 0 Å². The van der Waals surface area contributed by atoms with Crippen molar-refractivity contribution >= 4 is 21.8 Å². The van der Waals surface area contributed by atoms with E-state index in [1.54, 1.807) is 0 Å². The Kier molecular flexibility index (Phi) is 4.00. The maximum absolute atomic E-state index is 11.9. The first-order valence-corrected chi connectivity index (χ1v) is 6.69. The first-order valence-electron chi connectivity index (χ1n) is 5.90. The Balaban J connectivity index is 2.11. The molecule has 1 aromatic carbocycles. The van der Waals surface area contributed by atoms with Crippen LogP contribution in [0.15, 0.2) is 29.3 Å². The maximum atomic E-state index is 11.9. The topological polar surface area (TPSA) is 29.1 Å². The highest BCUT2D eigenvalue weighted by atomic mass is 79.9. The van der Waals surface area contributed by atoms with Crippen molar-refractivity contribution in [3.63, 3.8) is 0 Å². The zero-order valence-corrected chi connectivity index (χ0v) is 11.3. The van der Waals surface area contributed by atoms with E-state index in [-0.39, 0.29) is 5.91 Å². The van der Waals surface area contributed by atoms with Crippen molar-refractivity contribution in [2.45, 2.75) is 25.7 Å². The van der Waals surface area contributed by atoms with Crippen LogP contribution in [0.1, 0.15) is 34.3 Å². The van der Waals surface area contributed by atoms with E-state index >= 15 is 0 Å². The summed E-state index contributed by atoms with van der Waals surface area (Å²) in [5, 5.41) is 2.82. The normalized spacial score (nSPS) is 13.9. The van der Waals surface area contributed by atoms with Crippen molar-refractivity contribution in [2.75, 3.05) is 6.54 Å². The number of hydrogen-bond acceptors (Lipinski definition) is 1. The van der Waals surface area contributed by atoms with Crippen LogP contribution in [0.5, 0.6) is 0 Å². The molecule has 2 nitrogen and oxygen atoms in total. The van der Waals surface area contributed by atoms with Crippen LogP contribution in [0.2, 0.25) is 0 Å². The number of halogens is 1. The molecule has 0 atom stereocenters. The summed E-state index contributed by atoms with van der Waals surface area (Å²) in [4.78, 5) is 11.9. The Bertz CT molecular complexity index is 454. The molecular formula is C14H16BrNO. The zero-order valence-electron chi connectivity index (χ0n) is 9.76. The molecule has 2 rings (SSSR count). The molecule has 3 heteroatoms. The van der Waals surface area contributed by atoms with Crippen LogP contribution in [0.25, 0.3) is 0 Å². The SMILES string of the molecule is C=C(Br)CNC(=O)c1ccc2c(c1)CCCC2. The predicted octanol–water partition coefficient (Wildman–Crippen LogP) is 3.20. The summed E-state index contributed by atoms with van der Waals surface area (Å²) in [5.74, 6) is -0.0287. The molecule has 0 fully saturated rings. The van der Waals surface area contributed by atoms with Crippen LogP contribution >= 0.6 is 15.9 Å². The summed E-state index contributed by atoms with van der Waals surface area (Å²) >= 11 is 3.23. The molecule has 1 aliphatic carbocycles. The van der Waals surface area contributed by atoms with Gasteiger partial charge in [0.2, 0.25) is 0 Å². The van der Waals surface area contributed by atoms with E-state index in [9.17, 15) is 4.79 Å². The van der Waals surface area contributed by atoms with E-state index in [0.29, 0.717) is 6.54 Å². The molecule has 1 aliphatic rings. The lowest BCUT2D eigenvalue weighted by atomic mass is 9.90. The van der Waals surface area contributed by atoms with Gasteiger partial charge < -0.3 is 5.32 Å². The van der Waals surface area contributed by atoms with Gasteiger partial charge in [0.15, 0.2) is 0 Å². The summed E-state index contributed by atoms with van der Waals surface area (Å²) in [5.41, 5.74) is 3.48. The highest BCUT2D eigenvalue weighted by molar-refractivity contribution is 9.11. The monoisotopic (exact) mass is 293 g/mol. The molecule has 1 N–H and O–H groups in total. The predicted molar refractivity (Wildman–Crippen MR) is 73.5 cm³/mol. The molecule has 0 radical (unpaired) electrons. The third kappa shape index (κ3) is 3.19. The van der Waals surface area contributed by atoms with Crippen LogP contribution < -0.4 is 5.32 Å². The molecule has 1 amide bonds. The van der Waals surface area contributed by atoms with Crippen molar-refractivity contribution in [3.8, 4) is 0 Å². The fourth-order valence-electron chi connectivity index (χ4n) is 2.15. The maximum Gasteiger partial charge on any atom is 0.251 e. The molecule has 0 unspecified atom stereocenters. The van der Waals surface area contributed by atoms with Gasteiger partial charge in [0.05, 0.1) is 0 Å². The number of aryl methyl sites for hydroxylation is 2. The van der Waals surface area contributed by atoms with Crippen molar-refractivity contribution in [2.24, 2.45) is 0 Å². The van der Waals surface area contributed by atoms with Crippen molar-refractivity contribution in [1.82, 2.24) is 5.32 Å². The number of nitrogens with one attached hydrogen (secondary N) is 1. The van der Waals surface area contributed by atoms with Crippen molar-refractivity contribution in [3.05, 3.63) is 46.0 Å². The second kappa shape index (κ2) is 5.50. The van der Waals surface area contributed by atoms with Gasteiger partial charge in [-0.1, -0.05) is 28.6 Å². The Morgan fingerprint density at radius 1 is 1.29 bits per heavy atom. The molecular weight excluding hydrogens is 278 g/mol.